The molecule has 20 heavy (non-hydrogen) atoms. The predicted octanol–water partition coefficient (Wildman–Crippen LogP) is 2.66. The van der Waals surface area contributed by atoms with Crippen LogP contribution in [-0.2, 0) is 9.53 Å². The maximum Gasteiger partial charge on any atom is 0.471 e. The molecule has 0 saturated heterocycles. The van der Waals surface area contributed by atoms with E-state index in [-0.39, 0.29) is 18.9 Å². The van der Waals surface area contributed by atoms with Crippen molar-refractivity contribution in [2.24, 2.45) is 0 Å². The molecule has 8 heteroatoms. The largest absolute Gasteiger partial charge is 0.471 e. The fraction of sp³-hybridized carbons (Fsp3) is 0.333. The Morgan fingerprint density at radius 2 is 2.25 bits per heavy atom. The molecule has 0 bridgehead atoms. The second kappa shape index (κ2) is 7.25. The van der Waals surface area contributed by atoms with Gasteiger partial charge in [-0.25, -0.2) is 0 Å². The highest BCUT2D eigenvalue weighted by molar-refractivity contribution is 6.30. The van der Waals surface area contributed by atoms with Crippen LogP contribution >= 0.6 is 11.6 Å². The number of hydrogen-bond donors (Lipinski definition) is 1. The zero-order chi connectivity index (χ0) is 15.2. The van der Waals surface area contributed by atoms with E-state index in [4.69, 9.17) is 16.3 Å². The van der Waals surface area contributed by atoms with E-state index in [1.165, 1.54) is 24.4 Å². The average molecular weight is 309 g/mol. The van der Waals surface area contributed by atoms with Crippen molar-refractivity contribution < 1.29 is 22.7 Å². The Bertz CT molecular complexity index is 463. The van der Waals surface area contributed by atoms with Gasteiger partial charge in [0.15, 0.2) is 0 Å². The van der Waals surface area contributed by atoms with Gasteiger partial charge in [-0.15, -0.1) is 6.58 Å². The fourth-order valence-electron chi connectivity index (χ4n) is 1.30. The van der Waals surface area contributed by atoms with Gasteiger partial charge < -0.3 is 10.1 Å². The summed E-state index contributed by atoms with van der Waals surface area (Å²) in [4.78, 5) is 14.9. The van der Waals surface area contributed by atoms with Crippen LogP contribution in [0.2, 0.25) is 5.02 Å². The van der Waals surface area contributed by atoms with E-state index < -0.39 is 18.1 Å². The van der Waals surface area contributed by atoms with Crippen LogP contribution in [0.4, 0.5) is 13.2 Å². The summed E-state index contributed by atoms with van der Waals surface area (Å²) in [6.45, 7) is 3.40. The molecule has 1 N–H and O–H groups in total. The predicted molar refractivity (Wildman–Crippen MR) is 67.2 cm³/mol. The summed E-state index contributed by atoms with van der Waals surface area (Å²) in [5.41, 5.74) is 0.219. The molecular weight excluding hydrogens is 297 g/mol. The molecule has 0 radical (unpaired) electrons. The van der Waals surface area contributed by atoms with Crippen LogP contribution in [0, 0.1) is 0 Å². The number of pyridine rings is 1. The molecule has 0 aromatic carbocycles. The van der Waals surface area contributed by atoms with Gasteiger partial charge in [-0.05, 0) is 12.1 Å². The molecule has 1 atom stereocenters. The van der Waals surface area contributed by atoms with Crippen molar-refractivity contribution in [3.05, 3.63) is 41.7 Å². The van der Waals surface area contributed by atoms with Gasteiger partial charge in [0.2, 0.25) is 0 Å². The Labute approximate surface area is 118 Å². The Morgan fingerprint density at radius 3 is 2.75 bits per heavy atom. The molecule has 1 amide bonds. The number of rotatable bonds is 6. The molecule has 1 rings (SSSR count). The summed E-state index contributed by atoms with van der Waals surface area (Å²) in [5, 5.41) is 2.16. The van der Waals surface area contributed by atoms with Crippen molar-refractivity contribution in [3.8, 4) is 0 Å². The second-order valence-corrected chi connectivity index (χ2v) is 4.19. The van der Waals surface area contributed by atoms with Gasteiger partial charge in [0, 0.05) is 6.20 Å². The van der Waals surface area contributed by atoms with Crippen LogP contribution in [0.15, 0.2) is 31.0 Å². The number of nitrogens with one attached hydrogen (secondary N) is 1. The highest BCUT2D eigenvalue weighted by atomic mass is 35.5. The third kappa shape index (κ3) is 5.18. The quantitative estimate of drug-likeness (QED) is 0.649. The van der Waals surface area contributed by atoms with Crippen LogP contribution < -0.4 is 5.32 Å². The summed E-state index contributed by atoms with van der Waals surface area (Å²) < 4.78 is 41.9. The lowest BCUT2D eigenvalue weighted by Crippen LogP contribution is -2.41. The molecule has 0 aliphatic rings. The van der Waals surface area contributed by atoms with E-state index in [0.29, 0.717) is 5.02 Å². The second-order valence-electron chi connectivity index (χ2n) is 3.75. The maximum atomic E-state index is 12.3. The van der Waals surface area contributed by atoms with E-state index in [9.17, 15) is 18.0 Å². The van der Waals surface area contributed by atoms with Crippen molar-refractivity contribution in [2.75, 3.05) is 13.2 Å². The van der Waals surface area contributed by atoms with Crippen LogP contribution in [0.1, 0.15) is 11.7 Å². The summed E-state index contributed by atoms with van der Waals surface area (Å²) >= 11 is 5.65. The lowest BCUT2D eigenvalue weighted by molar-refractivity contribution is -0.174. The van der Waals surface area contributed by atoms with Gasteiger partial charge in [-0.2, -0.15) is 13.2 Å². The lowest BCUT2D eigenvalue weighted by Gasteiger charge is -2.19. The number of carbonyl (C=O) groups excluding carboxylic acids is 1. The molecule has 1 aromatic heterocycles. The molecule has 1 heterocycles. The van der Waals surface area contributed by atoms with E-state index in [0.717, 1.165) is 0 Å². The molecule has 0 unspecified atom stereocenters. The fourth-order valence-corrected chi connectivity index (χ4v) is 1.42. The number of carbonyl (C=O) groups is 1. The zero-order valence-electron chi connectivity index (χ0n) is 10.3. The molecule has 0 fully saturated rings. The normalized spacial score (nSPS) is 12.8. The molecular formula is C12H12ClF3N2O2. The van der Waals surface area contributed by atoms with Crippen molar-refractivity contribution in [1.29, 1.82) is 0 Å². The molecule has 0 aliphatic heterocycles. The smallest absolute Gasteiger partial charge is 0.375 e. The van der Waals surface area contributed by atoms with Gasteiger partial charge in [0.1, 0.15) is 0 Å². The van der Waals surface area contributed by atoms with Crippen LogP contribution in [-0.4, -0.2) is 30.3 Å². The number of ether oxygens (including phenoxy) is 1. The maximum absolute atomic E-state index is 12.3. The van der Waals surface area contributed by atoms with Gasteiger partial charge in [-0.3, -0.25) is 9.78 Å². The van der Waals surface area contributed by atoms with E-state index in [2.05, 4.69) is 11.6 Å². The topological polar surface area (TPSA) is 51.2 Å². The first-order valence-corrected chi connectivity index (χ1v) is 5.90. The summed E-state index contributed by atoms with van der Waals surface area (Å²) in [6, 6.07) is 1.85. The third-order valence-corrected chi connectivity index (χ3v) is 2.41. The average Bonchev–Trinajstić information content (AvgIpc) is 2.37. The minimum absolute atomic E-state index is 0.145. The van der Waals surface area contributed by atoms with Gasteiger partial charge in [0.05, 0.1) is 30.0 Å². The minimum Gasteiger partial charge on any atom is -0.375 e. The number of amides is 1. The van der Waals surface area contributed by atoms with Crippen LogP contribution in [0.25, 0.3) is 0 Å². The van der Waals surface area contributed by atoms with Crippen LogP contribution in [0.5, 0.6) is 0 Å². The monoisotopic (exact) mass is 308 g/mol. The Morgan fingerprint density at radius 1 is 1.55 bits per heavy atom. The minimum atomic E-state index is -4.97. The highest BCUT2D eigenvalue weighted by Gasteiger charge is 2.40. The zero-order valence-corrected chi connectivity index (χ0v) is 11.0. The first-order chi connectivity index (χ1) is 9.34. The van der Waals surface area contributed by atoms with E-state index in [1.807, 2.05) is 5.32 Å². The first-order valence-electron chi connectivity index (χ1n) is 5.52. The summed E-state index contributed by atoms with van der Waals surface area (Å²) in [5.74, 6) is -2.05. The van der Waals surface area contributed by atoms with Gasteiger partial charge in [0.25, 0.3) is 0 Å². The number of aromatic nitrogens is 1. The standard InChI is InChI=1S/C12H12ClF3N2O2/c1-2-5-20-7-10(18-11(19)12(14,15)16)9-4-3-8(13)6-17-9/h2-4,6,10H,1,5,7H2,(H,18,19)/t10-/m0/s1. The molecule has 110 valence electrons. The highest BCUT2D eigenvalue weighted by Crippen LogP contribution is 2.19. The van der Waals surface area contributed by atoms with Crippen molar-refractivity contribution >= 4 is 17.5 Å². The van der Waals surface area contributed by atoms with Crippen LogP contribution in [0.3, 0.4) is 0 Å². The van der Waals surface area contributed by atoms with E-state index >= 15 is 0 Å². The third-order valence-electron chi connectivity index (χ3n) is 2.19. The Hall–Kier alpha value is -1.60. The SMILES string of the molecule is C=CCOC[C@H](NC(=O)C(F)(F)F)c1ccc(Cl)cn1. The Balaban J connectivity index is 2.82. The number of nitrogens with zero attached hydrogens (tertiary/aromatic N) is 1. The number of alkyl halides is 3. The first kappa shape index (κ1) is 16.5. The van der Waals surface area contributed by atoms with E-state index in [1.54, 1.807) is 0 Å². The van der Waals surface area contributed by atoms with Crippen molar-refractivity contribution in [1.82, 2.24) is 10.3 Å². The molecule has 0 spiro atoms. The molecule has 0 saturated carbocycles. The summed E-state index contributed by atoms with van der Waals surface area (Å²) in [7, 11) is 0. The Kier molecular flexibility index (Phi) is 5.97. The number of halogens is 4. The van der Waals surface area contributed by atoms with Gasteiger partial charge >= 0.3 is 12.1 Å². The molecule has 0 aliphatic carbocycles. The van der Waals surface area contributed by atoms with Gasteiger partial charge in [-0.1, -0.05) is 17.7 Å². The van der Waals surface area contributed by atoms with Crippen molar-refractivity contribution in [2.45, 2.75) is 12.2 Å². The lowest BCUT2D eigenvalue weighted by atomic mass is 10.2. The molecule has 1 aromatic rings. The molecule has 4 nitrogen and oxygen atoms in total. The van der Waals surface area contributed by atoms with Crippen molar-refractivity contribution in [3.63, 3.8) is 0 Å². The number of hydrogen-bond acceptors (Lipinski definition) is 3. The summed E-state index contributed by atoms with van der Waals surface area (Å²) in [6.07, 6.45) is -2.25.